The van der Waals surface area contributed by atoms with Crippen LogP contribution in [0.5, 0.6) is 0 Å². The minimum atomic E-state index is -3.79. The zero-order valence-electron chi connectivity index (χ0n) is 9.79. The van der Waals surface area contributed by atoms with Crippen LogP contribution in [0, 0.1) is 0 Å². The van der Waals surface area contributed by atoms with Gasteiger partial charge in [-0.05, 0) is 31.2 Å². The van der Waals surface area contributed by atoms with Crippen LogP contribution in [0.2, 0.25) is 0 Å². The largest absolute Gasteiger partial charge is 0.477 e. The highest BCUT2D eigenvalue weighted by atomic mass is 32.2. The van der Waals surface area contributed by atoms with Crippen LogP contribution in [0.3, 0.4) is 0 Å². The molecule has 0 aliphatic rings. The summed E-state index contributed by atoms with van der Waals surface area (Å²) in [5, 5.41) is 19.3. The first-order valence-electron chi connectivity index (χ1n) is 5.33. The fraction of sp³-hybridized carbons (Fsp3) is 0.500. The first-order valence-corrected chi connectivity index (χ1v) is 7.69. The molecule has 1 heterocycles. The SMILES string of the molecule is CC(O)CCCNS(=O)(=O)c1ccsc1C(=O)O. The second kappa shape index (κ2) is 6.28. The Kier molecular flexibility index (Phi) is 5.27. The fourth-order valence-corrected chi connectivity index (χ4v) is 3.68. The van der Waals surface area contributed by atoms with Gasteiger partial charge < -0.3 is 10.2 Å². The third-order valence-corrected chi connectivity index (χ3v) is 4.74. The van der Waals surface area contributed by atoms with Crippen molar-refractivity contribution < 1.29 is 23.4 Å². The Bertz CT molecular complexity index is 506. The van der Waals surface area contributed by atoms with Gasteiger partial charge in [0.2, 0.25) is 10.0 Å². The predicted molar refractivity (Wildman–Crippen MR) is 67.4 cm³/mol. The van der Waals surface area contributed by atoms with Gasteiger partial charge in [0.15, 0.2) is 0 Å². The summed E-state index contributed by atoms with van der Waals surface area (Å²) in [6.45, 7) is 1.79. The van der Waals surface area contributed by atoms with Crippen LogP contribution < -0.4 is 4.72 Å². The minimum absolute atomic E-state index is 0.169. The number of sulfonamides is 1. The van der Waals surface area contributed by atoms with Crippen molar-refractivity contribution in [3.05, 3.63) is 16.3 Å². The van der Waals surface area contributed by atoms with Crippen molar-refractivity contribution in [2.24, 2.45) is 0 Å². The number of aliphatic hydroxyl groups excluding tert-OH is 1. The number of carbonyl (C=O) groups is 1. The molecule has 6 nitrogen and oxygen atoms in total. The van der Waals surface area contributed by atoms with E-state index in [4.69, 9.17) is 10.2 Å². The molecule has 3 N–H and O–H groups in total. The number of aromatic carboxylic acids is 1. The molecule has 0 aliphatic heterocycles. The number of carboxylic acid groups (broad SMARTS) is 1. The van der Waals surface area contributed by atoms with E-state index in [0.717, 1.165) is 11.3 Å². The van der Waals surface area contributed by atoms with Gasteiger partial charge in [-0.1, -0.05) is 0 Å². The van der Waals surface area contributed by atoms with Crippen LogP contribution in [-0.4, -0.2) is 37.2 Å². The van der Waals surface area contributed by atoms with E-state index in [2.05, 4.69) is 4.72 Å². The maximum absolute atomic E-state index is 11.8. The van der Waals surface area contributed by atoms with Crippen LogP contribution in [-0.2, 0) is 10.0 Å². The smallest absolute Gasteiger partial charge is 0.347 e. The molecule has 0 fully saturated rings. The van der Waals surface area contributed by atoms with Crippen LogP contribution in [0.1, 0.15) is 29.4 Å². The average Bonchev–Trinajstić information content (AvgIpc) is 2.73. The van der Waals surface area contributed by atoms with E-state index in [1.165, 1.54) is 11.4 Å². The topological polar surface area (TPSA) is 104 Å². The quantitative estimate of drug-likeness (QED) is 0.648. The first kappa shape index (κ1) is 15.1. The number of carboxylic acids is 1. The zero-order chi connectivity index (χ0) is 13.8. The summed E-state index contributed by atoms with van der Waals surface area (Å²) in [7, 11) is -3.79. The Balaban J connectivity index is 2.69. The Morgan fingerprint density at radius 1 is 1.56 bits per heavy atom. The van der Waals surface area contributed by atoms with Crippen molar-refractivity contribution in [2.45, 2.75) is 30.8 Å². The number of aliphatic hydroxyl groups is 1. The summed E-state index contributed by atoms with van der Waals surface area (Å²) in [5.74, 6) is -1.26. The molecule has 0 amide bonds. The van der Waals surface area contributed by atoms with Gasteiger partial charge in [0.05, 0.1) is 6.10 Å². The van der Waals surface area contributed by atoms with Crippen LogP contribution >= 0.6 is 11.3 Å². The Morgan fingerprint density at radius 3 is 2.78 bits per heavy atom. The molecule has 1 aromatic rings. The van der Waals surface area contributed by atoms with Crippen molar-refractivity contribution in [2.75, 3.05) is 6.54 Å². The second-order valence-corrected chi connectivity index (χ2v) is 6.46. The van der Waals surface area contributed by atoms with E-state index in [1.807, 2.05) is 0 Å². The van der Waals surface area contributed by atoms with Crippen molar-refractivity contribution in [1.82, 2.24) is 4.72 Å². The highest BCUT2D eigenvalue weighted by Gasteiger charge is 2.23. The predicted octanol–water partition coefficient (Wildman–Crippen LogP) is 0.886. The van der Waals surface area contributed by atoms with Crippen molar-refractivity contribution in [1.29, 1.82) is 0 Å². The Morgan fingerprint density at radius 2 is 2.22 bits per heavy atom. The molecular weight excluding hydrogens is 278 g/mol. The maximum atomic E-state index is 11.8. The summed E-state index contributed by atoms with van der Waals surface area (Å²) >= 11 is 0.870. The van der Waals surface area contributed by atoms with Crippen LogP contribution in [0.25, 0.3) is 0 Å². The Hall–Kier alpha value is -0.960. The lowest BCUT2D eigenvalue weighted by atomic mass is 10.2. The molecule has 0 saturated heterocycles. The van der Waals surface area contributed by atoms with E-state index in [1.54, 1.807) is 6.92 Å². The van der Waals surface area contributed by atoms with Gasteiger partial charge in [0, 0.05) is 6.54 Å². The molecule has 0 bridgehead atoms. The van der Waals surface area contributed by atoms with Crippen LogP contribution in [0.4, 0.5) is 0 Å². The van der Waals surface area contributed by atoms with E-state index in [-0.39, 0.29) is 16.3 Å². The molecule has 1 rings (SSSR count). The monoisotopic (exact) mass is 293 g/mol. The van der Waals surface area contributed by atoms with E-state index < -0.39 is 22.1 Å². The summed E-state index contributed by atoms with van der Waals surface area (Å²) in [4.78, 5) is 10.4. The number of rotatable bonds is 7. The summed E-state index contributed by atoms with van der Waals surface area (Å²) in [6.07, 6.45) is 0.492. The molecule has 0 saturated carbocycles. The van der Waals surface area contributed by atoms with Crippen LogP contribution in [0.15, 0.2) is 16.3 Å². The number of hydrogen-bond donors (Lipinski definition) is 3. The average molecular weight is 293 g/mol. The molecule has 102 valence electrons. The Labute approximate surface area is 109 Å². The molecule has 0 aromatic carbocycles. The molecule has 1 unspecified atom stereocenters. The van der Waals surface area contributed by atoms with Gasteiger partial charge >= 0.3 is 5.97 Å². The third kappa shape index (κ3) is 4.05. The van der Waals surface area contributed by atoms with Gasteiger partial charge in [-0.3, -0.25) is 0 Å². The van der Waals surface area contributed by atoms with Gasteiger partial charge in [0.25, 0.3) is 0 Å². The lowest BCUT2D eigenvalue weighted by molar-refractivity contribution is 0.0698. The standard InChI is InChI=1S/C10H15NO5S2/c1-7(12)3-2-5-11-18(15,16)8-4-6-17-9(8)10(13)14/h4,6-7,11-12H,2-3,5H2,1H3,(H,13,14). The normalized spacial score (nSPS) is 13.4. The molecule has 1 aromatic heterocycles. The van der Waals surface area contributed by atoms with E-state index >= 15 is 0 Å². The fourth-order valence-electron chi connectivity index (χ4n) is 1.35. The molecular formula is C10H15NO5S2. The summed E-state index contributed by atoms with van der Waals surface area (Å²) < 4.78 is 26.0. The number of hydrogen-bond acceptors (Lipinski definition) is 5. The van der Waals surface area contributed by atoms with Gasteiger partial charge in [-0.25, -0.2) is 17.9 Å². The number of nitrogens with one attached hydrogen (secondary N) is 1. The zero-order valence-corrected chi connectivity index (χ0v) is 11.4. The summed E-state index contributed by atoms with van der Waals surface area (Å²) in [6, 6.07) is 1.27. The first-order chi connectivity index (χ1) is 8.34. The van der Waals surface area contributed by atoms with Gasteiger partial charge in [0.1, 0.15) is 9.77 Å². The number of thiophene rings is 1. The van der Waals surface area contributed by atoms with E-state index in [9.17, 15) is 13.2 Å². The third-order valence-electron chi connectivity index (χ3n) is 2.20. The molecule has 1 atom stereocenters. The minimum Gasteiger partial charge on any atom is -0.477 e. The molecule has 0 spiro atoms. The van der Waals surface area contributed by atoms with Gasteiger partial charge in [-0.15, -0.1) is 11.3 Å². The second-order valence-electron chi connectivity index (χ2n) is 3.81. The lowest BCUT2D eigenvalue weighted by Gasteiger charge is -2.07. The van der Waals surface area contributed by atoms with Gasteiger partial charge in [-0.2, -0.15) is 0 Å². The molecule has 18 heavy (non-hydrogen) atoms. The van der Waals surface area contributed by atoms with E-state index in [0.29, 0.717) is 12.8 Å². The highest BCUT2D eigenvalue weighted by molar-refractivity contribution is 7.89. The molecule has 8 heteroatoms. The van der Waals surface area contributed by atoms with Crippen molar-refractivity contribution >= 4 is 27.3 Å². The summed E-state index contributed by atoms with van der Waals surface area (Å²) in [5.41, 5.74) is 0. The lowest BCUT2D eigenvalue weighted by Crippen LogP contribution is -2.26. The highest BCUT2D eigenvalue weighted by Crippen LogP contribution is 2.21. The maximum Gasteiger partial charge on any atom is 0.347 e. The molecule has 0 aliphatic carbocycles. The molecule has 0 radical (unpaired) electrons. The van der Waals surface area contributed by atoms with Crippen molar-refractivity contribution in [3.63, 3.8) is 0 Å². The van der Waals surface area contributed by atoms with Crippen molar-refractivity contribution in [3.8, 4) is 0 Å².